The number of phenolic OH excluding ortho intramolecular Hbond substituents is 1. The topological polar surface area (TPSA) is 148 Å². The Bertz CT molecular complexity index is 1290. The van der Waals surface area contributed by atoms with Crippen molar-refractivity contribution >= 4 is 35.8 Å². The van der Waals surface area contributed by atoms with Gasteiger partial charge in [-0.3, -0.25) is 19.2 Å². The third-order valence-corrected chi connectivity index (χ3v) is 8.24. The normalized spacial score (nSPS) is 30.5. The lowest BCUT2D eigenvalue weighted by molar-refractivity contribution is -0.139. The van der Waals surface area contributed by atoms with Gasteiger partial charge >= 0.3 is 12.2 Å². The molecule has 2 aliphatic carbocycles. The maximum absolute atomic E-state index is 13.5. The molecule has 0 unspecified atom stereocenters. The van der Waals surface area contributed by atoms with E-state index in [9.17, 15) is 33.9 Å². The first kappa shape index (κ1) is 24.7. The van der Waals surface area contributed by atoms with Crippen molar-refractivity contribution in [1.82, 2.24) is 9.80 Å². The molecule has 3 fully saturated rings. The van der Waals surface area contributed by atoms with E-state index in [1.165, 1.54) is 0 Å². The number of allylic oxidation sites excluding steroid dienone is 2. The number of aromatic hydroxyl groups is 1. The Morgan fingerprint density at radius 3 is 1.86 bits per heavy atom. The molecule has 6 amide bonds. The number of likely N-dealkylation sites (tertiary alicyclic amines) is 2. The van der Waals surface area contributed by atoms with Gasteiger partial charge in [-0.1, -0.05) is 23.8 Å². The third-order valence-electron chi connectivity index (χ3n) is 8.24. The summed E-state index contributed by atoms with van der Waals surface area (Å²) in [5.74, 6) is -7.58. The molecule has 1 aromatic rings. The molecule has 1 saturated carbocycles. The molecule has 5 rings (SSSR count). The van der Waals surface area contributed by atoms with Gasteiger partial charge in [-0.15, -0.1) is 0 Å². The average molecular weight is 510 g/mol. The van der Waals surface area contributed by atoms with Gasteiger partial charge in [-0.25, -0.2) is 9.59 Å². The summed E-state index contributed by atoms with van der Waals surface area (Å²) in [6.07, 6.45) is -0.114. The average Bonchev–Trinajstić information content (AvgIpc) is 3.28. The van der Waals surface area contributed by atoms with E-state index in [1.807, 2.05) is 6.08 Å². The zero-order chi connectivity index (χ0) is 26.9. The first-order chi connectivity index (χ1) is 17.5. The molecule has 6 atom stereocenters. The van der Waals surface area contributed by atoms with Gasteiger partial charge in [0.2, 0.25) is 23.6 Å². The lowest BCUT2D eigenvalue weighted by Crippen LogP contribution is -2.43. The molecule has 0 spiro atoms. The van der Waals surface area contributed by atoms with Crippen LogP contribution in [0.5, 0.6) is 5.75 Å². The zero-order valence-corrected chi connectivity index (χ0v) is 20.7. The van der Waals surface area contributed by atoms with Crippen LogP contribution >= 0.6 is 0 Å². The van der Waals surface area contributed by atoms with Crippen LogP contribution in [0.3, 0.4) is 0 Å². The Kier molecular flexibility index (Phi) is 5.69. The van der Waals surface area contributed by atoms with Crippen molar-refractivity contribution in [2.24, 2.45) is 29.6 Å². The number of benzene rings is 1. The highest BCUT2D eigenvalue weighted by Gasteiger charge is 2.63. The number of nitrogens with zero attached hydrogens (tertiary/aromatic N) is 2. The molecule has 1 N–H and O–H groups in total. The molecule has 194 valence electrons. The second-order valence-electron chi connectivity index (χ2n) is 9.99. The minimum Gasteiger partial charge on any atom is -0.507 e. The molecule has 2 saturated heterocycles. The Morgan fingerprint density at radius 2 is 1.32 bits per heavy atom. The quantitative estimate of drug-likeness (QED) is 0.443. The van der Waals surface area contributed by atoms with Crippen LogP contribution in [0.15, 0.2) is 23.8 Å². The molecule has 4 aliphatic rings. The second-order valence-corrected chi connectivity index (χ2v) is 9.99. The van der Waals surface area contributed by atoms with Crippen LogP contribution in [0.1, 0.15) is 35.4 Å². The van der Waals surface area contributed by atoms with Crippen molar-refractivity contribution in [2.45, 2.75) is 32.6 Å². The van der Waals surface area contributed by atoms with E-state index in [1.54, 1.807) is 26.0 Å². The maximum atomic E-state index is 13.5. The number of aryl methyl sites for hydroxylation is 2. The molecule has 1 aromatic carbocycles. The predicted octanol–water partition coefficient (Wildman–Crippen LogP) is 2.18. The summed E-state index contributed by atoms with van der Waals surface area (Å²) >= 11 is 0. The Morgan fingerprint density at radius 1 is 0.811 bits per heavy atom. The van der Waals surface area contributed by atoms with Crippen LogP contribution in [0.4, 0.5) is 9.59 Å². The van der Waals surface area contributed by atoms with E-state index < -0.39 is 71.3 Å². The van der Waals surface area contributed by atoms with E-state index >= 15 is 0 Å². The smallest absolute Gasteiger partial charge is 0.423 e. The highest BCUT2D eigenvalue weighted by Crippen LogP contribution is 2.58. The number of hydrogen-bond donors (Lipinski definition) is 1. The van der Waals surface area contributed by atoms with E-state index in [0.717, 1.165) is 14.2 Å². The summed E-state index contributed by atoms with van der Waals surface area (Å²) in [6.45, 7) is 3.43. The molecule has 2 aliphatic heterocycles. The van der Waals surface area contributed by atoms with Crippen molar-refractivity contribution in [3.8, 4) is 5.75 Å². The maximum Gasteiger partial charge on any atom is 0.423 e. The first-order valence-electron chi connectivity index (χ1n) is 11.9. The molecule has 11 nitrogen and oxygen atoms in total. The lowest BCUT2D eigenvalue weighted by atomic mass is 9.57. The van der Waals surface area contributed by atoms with Gasteiger partial charge in [-0.05, 0) is 49.3 Å². The van der Waals surface area contributed by atoms with Gasteiger partial charge in [0.1, 0.15) is 5.75 Å². The van der Waals surface area contributed by atoms with Crippen molar-refractivity contribution in [1.29, 1.82) is 0 Å². The van der Waals surface area contributed by atoms with Gasteiger partial charge in [0, 0.05) is 5.92 Å². The Balaban J connectivity index is 1.66. The molecule has 0 bridgehead atoms. The SMILES string of the molecule is COC(=O)N1C(=O)[C@H]2[C@H](CC=C3[C@H]2C[C@H]2C(=O)N(C(=O)OC)C(=O)[C@H]2[C@H]3c2cc(C)c(O)c(C)c2)C1=O. The van der Waals surface area contributed by atoms with E-state index in [-0.39, 0.29) is 18.6 Å². The zero-order valence-electron chi connectivity index (χ0n) is 20.7. The van der Waals surface area contributed by atoms with Crippen LogP contribution in [-0.2, 0) is 28.7 Å². The second kappa shape index (κ2) is 8.53. The molecular weight excluding hydrogens is 484 g/mol. The lowest BCUT2D eigenvalue weighted by Gasteiger charge is -2.44. The Labute approximate surface area is 212 Å². The standard InChI is InChI=1S/C26H26N2O9/c1-10-7-12(8-11(2)20(10)29)17-13-5-6-14-18(23(32)27(21(14)30)25(34)36-3)15(13)9-16-19(17)24(33)28(22(16)31)26(35)37-4/h5,7-8,14-19,29H,6,9H2,1-4H3/t14-,15+,16+,17-,18-,19+/m0/s1. The van der Waals surface area contributed by atoms with Crippen molar-refractivity contribution in [3.63, 3.8) is 0 Å². The van der Waals surface area contributed by atoms with Gasteiger partial charge in [0.15, 0.2) is 0 Å². The summed E-state index contributed by atoms with van der Waals surface area (Å²) in [6, 6.07) is 3.45. The molecule has 37 heavy (non-hydrogen) atoms. The number of carbonyl (C=O) groups excluding carboxylic acids is 6. The number of methoxy groups -OCH3 is 2. The van der Waals surface area contributed by atoms with Crippen molar-refractivity contribution < 1.29 is 43.3 Å². The highest BCUT2D eigenvalue weighted by molar-refractivity contribution is 6.17. The number of amides is 6. The highest BCUT2D eigenvalue weighted by atomic mass is 16.5. The molecule has 0 radical (unpaired) electrons. The first-order valence-corrected chi connectivity index (χ1v) is 11.9. The van der Waals surface area contributed by atoms with Crippen LogP contribution in [0.2, 0.25) is 0 Å². The fourth-order valence-corrected chi connectivity index (χ4v) is 6.67. The summed E-state index contributed by atoms with van der Waals surface area (Å²) in [5, 5.41) is 10.3. The van der Waals surface area contributed by atoms with Gasteiger partial charge in [0.05, 0.1) is 37.9 Å². The number of carbonyl (C=O) groups is 6. The van der Waals surface area contributed by atoms with Gasteiger partial charge < -0.3 is 14.6 Å². The van der Waals surface area contributed by atoms with E-state index in [4.69, 9.17) is 0 Å². The van der Waals surface area contributed by atoms with Gasteiger partial charge in [0.25, 0.3) is 0 Å². The van der Waals surface area contributed by atoms with Crippen molar-refractivity contribution in [2.75, 3.05) is 14.2 Å². The minimum absolute atomic E-state index is 0.0519. The van der Waals surface area contributed by atoms with Crippen LogP contribution in [0.25, 0.3) is 0 Å². The number of imide groups is 6. The minimum atomic E-state index is -1.08. The summed E-state index contributed by atoms with van der Waals surface area (Å²) in [5.41, 5.74) is 2.47. The van der Waals surface area contributed by atoms with Crippen LogP contribution in [0, 0.1) is 43.4 Å². The number of rotatable bonds is 1. The van der Waals surface area contributed by atoms with Gasteiger partial charge in [-0.2, -0.15) is 9.80 Å². The largest absolute Gasteiger partial charge is 0.507 e. The fourth-order valence-electron chi connectivity index (χ4n) is 6.67. The molecule has 0 aromatic heterocycles. The molecule has 11 heteroatoms. The predicted molar refractivity (Wildman–Crippen MR) is 124 cm³/mol. The number of fused-ring (bicyclic) bond motifs is 4. The van der Waals surface area contributed by atoms with Crippen molar-refractivity contribution in [3.05, 3.63) is 40.5 Å². The fraction of sp³-hybridized carbons (Fsp3) is 0.462. The molecule has 2 heterocycles. The Hall–Kier alpha value is -4.02. The molecular formula is C26H26N2O9. The van der Waals surface area contributed by atoms with Crippen LogP contribution in [-0.4, -0.2) is 64.9 Å². The summed E-state index contributed by atoms with van der Waals surface area (Å²) in [4.78, 5) is 78.8. The van der Waals surface area contributed by atoms with E-state index in [0.29, 0.717) is 32.1 Å². The number of ether oxygens (including phenoxy) is 2. The number of phenols is 1. The summed E-state index contributed by atoms with van der Waals surface area (Å²) < 4.78 is 9.33. The number of hydrogen-bond acceptors (Lipinski definition) is 9. The monoisotopic (exact) mass is 510 g/mol. The van der Waals surface area contributed by atoms with Crippen LogP contribution < -0.4 is 0 Å². The van der Waals surface area contributed by atoms with E-state index in [2.05, 4.69) is 9.47 Å². The summed E-state index contributed by atoms with van der Waals surface area (Å²) in [7, 11) is 2.15. The third kappa shape index (κ3) is 3.32.